The molecule has 68 valence electrons. The van der Waals surface area contributed by atoms with E-state index in [0.717, 1.165) is 28.7 Å². The smallest absolute Gasteiger partial charge is 0.133 e. The first kappa shape index (κ1) is 9.74. The summed E-state index contributed by atoms with van der Waals surface area (Å²) < 4.78 is 2.58. The molecule has 0 bridgehead atoms. The van der Waals surface area contributed by atoms with Crippen LogP contribution in [0.2, 0.25) is 0 Å². The highest BCUT2D eigenvalue weighted by Gasteiger charge is 2.11. The number of hydrogen-bond acceptors (Lipinski definition) is 2. The molecule has 12 heavy (non-hydrogen) atoms. The Hall–Kier alpha value is -0.350. The normalized spacial score (nSPS) is 10.7. The van der Waals surface area contributed by atoms with Crippen molar-refractivity contribution >= 4 is 15.9 Å². The predicted molar refractivity (Wildman–Crippen MR) is 50.8 cm³/mol. The number of halogens is 1. The summed E-state index contributed by atoms with van der Waals surface area (Å²) in [4.78, 5) is 0. The number of nitrogens with zero attached hydrogens (tertiary/aromatic N) is 2. The third-order valence-electron chi connectivity index (χ3n) is 1.87. The van der Waals surface area contributed by atoms with Gasteiger partial charge in [0, 0.05) is 18.3 Å². The Kier molecular flexibility index (Phi) is 3.29. The summed E-state index contributed by atoms with van der Waals surface area (Å²) in [6.45, 7) is 2.17. The zero-order chi connectivity index (χ0) is 9.14. The van der Waals surface area contributed by atoms with Crippen molar-refractivity contribution in [2.45, 2.75) is 26.4 Å². The van der Waals surface area contributed by atoms with Gasteiger partial charge in [-0.2, -0.15) is 5.10 Å². The summed E-state index contributed by atoms with van der Waals surface area (Å²) in [6, 6.07) is 0. The highest BCUT2D eigenvalue weighted by atomic mass is 79.9. The van der Waals surface area contributed by atoms with Crippen LogP contribution in [0.5, 0.6) is 0 Å². The molecule has 0 amide bonds. The van der Waals surface area contributed by atoms with E-state index in [-0.39, 0.29) is 6.61 Å². The Bertz CT molecular complexity index is 270. The van der Waals surface area contributed by atoms with E-state index >= 15 is 0 Å². The van der Waals surface area contributed by atoms with Crippen molar-refractivity contribution in [1.82, 2.24) is 9.78 Å². The molecule has 3 nitrogen and oxygen atoms in total. The third-order valence-corrected chi connectivity index (χ3v) is 2.51. The fourth-order valence-corrected chi connectivity index (χ4v) is 1.86. The standard InChI is InChI=1S/C8H13BrN2O/c1-3-4-7-6(5-12)8(9)10-11(7)2/h12H,3-5H2,1-2H3. The van der Waals surface area contributed by atoms with Gasteiger partial charge in [0.25, 0.3) is 0 Å². The van der Waals surface area contributed by atoms with Crippen LogP contribution in [0.1, 0.15) is 24.6 Å². The maximum Gasteiger partial charge on any atom is 0.133 e. The average Bonchev–Trinajstić information content (AvgIpc) is 2.28. The Morgan fingerprint density at radius 2 is 2.25 bits per heavy atom. The SMILES string of the molecule is CCCc1c(CO)c(Br)nn1C. The molecular weight excluding hydrogens is 220 g/mol. The molecule has 0 saturated heterocycles. The van der Waals surface area contributed by atoms with Crippen LogP contribution in [0.15, 0.2) is 4.60 Å². The minimum Gasteiger partial charge on any atom is -0.392 e. The summed E-state index contributed by atoms with van der Waals surface area (Å²) in [5, 5.41) is 13.2. The Morgan fingerprint density at radius 3 is 2.75 bits per heavy atom. The van der Waals surface area contributed by atoms with Gasteiger partial charge in [-0.1, -0.05) is 13.3 Å². The predicted octanol–water partition coefficient (Wildman–Crippen LogP) is 1.63. The molecule has 0 fully saturated rings. The summed E-state index contributed by atoms with van der Waals surface area (Å²) >= 11 is 3.31. The summed E-state index contributed by atoms with van der Waals surface area (Å²) in [6.07, 6.45) is 2.03. The molecule has 0 atom stereocenters. The molecule has 0 aliphatic heterocycles. The van der Waals surface area contributed by atoms with E-state index in [4.69, 9.17) is 5.11 Å². The molecule has 0 unspecified atom stereocenters. The lowest BCUT2D eigenvalue weighted by Crippen LogP contribution is -1.99. The lowest BCUT2D eigenvalue weighted by molar-refractivity contribution is 0.279. The van der Waals surface area contributed by atoms with E-state index in [1.165, 1.54) is 0 Å². The number of hydrogen-bond donors (Lipinski definition) is 1. The highest BCUT2D eigenvalue weighted by Crippen LogP contribution is 2.20. The molecule has 4 heteroatoms. The molecular formula is C8H13BrN2O. The first-order valence-electron chi connectivity index (χ1n) is 4.01. The van der Waals surface area contributed by atoms with E-state index in [1.807, 2.05) is 11.7 Å². The van der Waals surface area contributed by atoms with Crippen LogP contribution in [0.4, 0.5) is 0 Å². The molecule has 1 rings (SSSR count). The van der Waals surface area contributed by atoms with Crippen LogP contribution in [0.25, 0.3) is 0 Å². The largest absolute Gasteiger partial charge is 0.392 e. The molecule has 0 aliphatic carbocycles. The van der Waals surface area contributed by atoms with Gasteiger partial charge in [-0.15, -0.1) is 0 Å². The molecule has 1 N–H and O–H groups in total. The second-order valence-electron chi connectivity index (χ2n) is 2.75. The fraction of sp³-hybridized carbons (Fsp3) is 0.625. The lowest BCUT2D eigenvalue weighted by Gasteiger charge is -2.01. The topological polar surface area (TPSA) is 38.1 Å². The van der Waals surface area contributed by atoms with Gasteiger partial charge in [0.15, 0.2) is 0 Å². The monoisotopic (exact) mass is 232 g/mol. The van der Waals surface area contributed by atoms with Gasteiger partial charge in [0.05, 0.1) is 6.61 Å². The van der Waals surface area contributed by atoms with E-state index in [1.54, 1.807) is 0 Å². The molecule has 1 aromatic rings. The van der Waals surface area contributed by atoms with Crippen molar-refractivity contribution in [2.75, 3.05) is 0 Å². The van der Waals surface area contributed by atoms with Gasteiger partial charge in [-0.05, 0) is 22.4 Å². The van der Waals surface area contributed by atoms with Gasteiger partial charge < -0.3 is 5.11 Å². The zero-order valence-electron chi connectivity index (χ0n) is 7.34. The summed E-state index contributed by atoms with van der Waals surface area (Å²) in [5.41, 5.74) is 2.03. The number of aromatic nitrogens is 2. The summed E-state index contributed by atoms with van der Waals surface area (Å²) in [7, 11) is 1.90. The van der Waals surface area contributed by atoms with Crippen molar-refractivity contribution in [3.05, 3.63) is 15.9 Å². The van der Waals surface area contributed by atoms with Crippen molar-refractivity contribution in [2.24, 2.45) is 7.05 Å². The van der Waals surface area contributed by atoms with Crippen LogP contribution in [0, 0.1) is 0 Å². The number of aliphatic hydroxyl groups is 1. The van der Waals surface area contributed by atoms with Crippen LogP contribution < -0.4 is 0 Å². The van der Waals surface area contributed by atoms with E-state index in [9.17, 15) is 0 Å². The van der Waals surface area contributed by atoms with Gasteiger partial charge >= 0.3 is 0 Å². The van der Waals surface area contributed by atoms with Crippen LogP contribution >= 0.6 is 15.9 Å². The Balaban J connectivity index is 3.04. The average molecular weight is 233 g/mol. The minimum absolute atomic E-state index is 0.0593. The summed E-state index contributed by atoms with van der Waals surface area (Å²) in [5.74, 6) is 0. The molecule has 0 radical (unpaired) electrons. The van der Waals surface area contributed by atoms with Crippen molar-refractivity contribution in [3.8, 4) is 0 Å². The number of rotatable bonds is 3. The Labute approximate surface area is 80.5 Å². The molecule has 1 aromatic heterocycles. The molecule has 0 spiro atoms. The molecule has 0 saturated carbocycles. The van der Waals surface area contributed by atoms with E-state index < -0.39 is 0 Å². The second kappa shape index (κ2) is 4.05. The lowest BCUT2D eigenvalue weighted by atomic mass is 10.2. The number of aryl methyl sites for hydroxylation is 1. The fourth-order valence-electron chi connectivity index (χ4n) is 1.27. The third kappa shape index (κ3) is 1.69. The second-order valence-corrected chi connectivity index (χ2v) is 3.50. The first-order chi connectivity index (χ1) is 5.70. The zero-order valence-corrected chi connectivity index (χ0v) is 8.93. The van der Waals surface area contributed by atoms with Crippen molar-refractivity contribution in [1.29, 1.82) is 0 Å². The highest BCUT2D eigenvalue weighted by molar-refractivity contribution is 9.10. The van der Waals surface area contributed by atoms with Gasteiger partial charge in [0.2, 0.25) is 0 Å². The molecule has 0 aliphatic rings. The van der Waals surface area contributed by atoms with Crippen molar-refractivity contribution in [3.63, 3.8) is 0 Å². The molecule has 0 aromatic carbocycles. The maximum absolute atomic E-state index is 9.06. The van der Waals surface area contributed by atoms with E-state index in [0.29, 0.717) is 0 Å². The van der Waals surface area contributed by atoms with E-state index in [2.05, 4.69) is 28.0 Å². The number of aliphatic hydroxyl groups excluding tert-OH is 1. The quantitative estimate of drug-likeness (QED) is 0.861. The minimum atomic E-state index is 0.0593. The van der Waals surface area contributed by atoms with Crippen molar-refractivity contribution < 1.29 is 5.11 Å². The van der Waals surface area contributed by atoms with Gasteiger partial charge in [-0.3, -0.25) is 4.68 Å². The van der Waals surface area contributed by atoms with Gasteiger partial charge in [0.1, 0.15) is 4.60 Å². The van der Waals surface area contributed by atoms with Crippen LogP contribution in [-0.2, 0) is 20.1 Å². The first-order valence-corrected chi connectivity index (χ1v) is 4.81. The Morgan fingerprint density at radius 1 is 1.58 bits per heavy atom. The van der Waals surface area contributed by atoms with Gasteiger partial charge in [-0.25, -0.2) is 0 Å². The molecule has 1 heterocycles. The maximum atomic E-state index is 9.06. The van der Waals surface area contributed by atoms with Crippen LogP contribution in [0.3, 0.4) is 0 Å². The van der Waals surface area contributed by atoms with Crippen LogP contribution in [-0.4, -0.2) is 14.9 Å².